The summed E-state index contributed by atoms with van der Waals surface area (Å²) in [5.74, 6) is -2.27. The average molecular weight is 612 g/mol. The number of hydrogen-bond donors (Lipinski definition) is 1. The Bertz CT molecular complexity index is 1490. The van der Waals surface area contributed by atoms with E-state index < -0.39 is 34.2 Å². The SMILES string of the molecule is C=C(/C=C\N=C(C)CCC)C(F)(F)F.CCCCc1c(C(C)c2ccc(C)c(F)c2F)[nH]c2ccc(Cl)c([N+](=O)[O-])c12. The first-order valence-corrected chi connectivity index (χ1v) is 13.9. The maximum Gasteiger partial charge on any atom is 0.415 e. The number of nitrogens with one attached hydrogen (secondary N) is 1. The third kappa shape index (κ3) is 8.50. The van der Waals surface area contributed by atoms with Crippen molar-refractivity contribution in [1.82, 2.24) is 4.98 Å². The highest BCUT2D eigenvalue weighted by atomic mass is 35.5. The van der Waals surface area contributed by atoms with Crippen molar-refractivity contribution in [3.8, 4) is 0 Å². The predicted octanol–water partition coefficient (Wildman–Crippen LogP) is 10.7. The van der Waals surface area contributed by atoms with Crippen molar-refractivity contribution < 1.29 is 26.9 Å². The van der Waals surface area contributed by atoms with Crippen LogP contribution in [0.25, 0.3) is 10.9 Å². The molecule has 1 aromatic heterocycles. The van der Waals surface area contributed by atoms with Crippen LogP contribution in [0.5, 0.6) is 0 Å². The third-order valence-corrected chi connectivity index (χ3v) is 7.04. The van der Waals surface area contributed by atoms with Gasteiger partial charge in [0.15, 0.2) is 11.6 Å². The van der Waals surface area contributed by atoms with E-state index in [9.17, 15) is 32.1 Å². The quantitative estimate of drug-likeness (QED) is 0.0814. The summed E-state index contributed by atoms with van der Waals surface area (Å²) < 4.78 is 64.5. The highest BCUT2D eigenvalue weighted by Gasteiger charge is 2.30. The van der Waals surface area contributed by atoms with Gasteiger partial charge in [0.1, 0.15) is 5.02 Å². The average Bonchev–Trinajstić information content (AvgIpc) is 3.28. The van der Waals surface area contributed by atoms with Crippen LogP contribution < -0.4 is 0 Å². The lowest BCUT2D eigenvalue weighted by Gasteiger charge is -2.15. The van der Waals surface area contributed by atoms with Crippen molar-refractivity contribution in [1.29, 1.82) is 0 Å². The summed E-state index contributed by atoms with van der Waals surface area (Å²) in [6.45, 7) is 11.9. The Hall–Kier alpha value is -3.53. The lowest BCUT2D eigenvalue weighted by Crippen LogP contribution is -2.08. The molecule has 0 aliphatic carbocycles. The molecule has 0 aliphatic heterocycles. The van der Waals surface area contributed by atoms with Crippen LogP contribution in [0.2, 0.25) is 5.02 Å². The van der Waals surface area contributed by atoms with Crippen molar-refractivity contribution in [2.75, 3.05) is 0 Å². The fourth-order valence-corrected chi connectivity index (χ4v) is 4.64. The maximum absolute atomic E-state index is 14.6. The molecule has 0 bridgehead atoms. The standard InChI is InChI=1S/C21H21ClF2N2O2.C10H14F3N/c1-4-5-6-14-17-16(10-9-15(22)21(17)26(27)28)25-20(14)12(3)13-8-7-11(2)18(23)19(13)24;1-4-5-9(3)14-7-6-8(2)10(11,12)13/h7-10,12,25H,4-6H2,1-3H3;6-7H,2,4-5H2,1,3H3/b;7-6-,14-9?. The van der Waals surface area contributed by atoms with Gasteiger partial charge in [-0.1, -0.05) is 63.9 Å². The number of fused-ring (bicyclic) bond motifs is 1. The Labute approximate surface area is 247 Å². The molecule has 0 spiro atoms. The van der Waals surface area contributed by atoms with Crippen LogP contribution in [0.3, 0.4) is 0 Å². The van der Waals surface area contributed by atoms with E-state index in [1.807, 2.05) is 13.8 Å². The van der Waals surface area contributed by atoms with Gasteiger partial charge in [-0.15, -0.1) is 0 Å². The highest BCUT2D eigenvalue weighted by molar-refractivity contribution is 6.34. The van der Waals surface area contributed by atoms with Crippen molar-refractivity contribution in [2.45, 2.75) is 78.8 Å². The number of nitro groups is 1. The second-order valence-electron chi connectivity index (χ2n) is 9.97. The molecule has 42 heavy (non-hydrogen) atoms. The van der Waals surface area contributed by atoms with Crippen LogP contribution in [0, 0.1) is 28.7 Å². The van der Waals surface area contributed by atoms with Gasteiger partial charge in [-0.25, -0.2) is 8.78 Å². The third-order valence-electron chi connectivity index (χ3n) is 6.74. The summed E-state index contributed by atoms with van der Waals surface area (Å²) in [7, 11) is 0. The van der Waals surface area contributed by atoms with E-state index in [1.54, 1.807) is 26.0 Å². The molecule has 0 saturated heterocycles. The zero-order valence-corrected chi connectivity index (χ0v) is 25.0. The van der Waals surface area contributed by atoms with Gasteiger partial charge in [-0.3, -0.25) is 15.1 Å². The van der Waals surface area contributed by atoms with E-state index in [2.05, 4.69) is 16.6 Å². The van der Waals surface area contributed by atoms with Crippen LogP contribution in [0.15, 0.2) is 53.7 Å². The monoisotopic (exact) mass is 611 g/mol. The zero-order chi connectivity index (χ0) is 31.8. The Morgan fingerprint density at radius 2 is 1.83 bits per heavy atom. The molecular formula is C31H35ClF5N3O2. The van der Waals surface area contributed by atoms with E-state index in [-0.39, 0.29) is 21.8 Å². The van der Waals surface area contributed by atoms with Crippen LogP contribution in [0.1, 0.15) is 81.7 Å². The number of aliphatic imine (C=N–C) groups is 1. The lowest BCUT2D eigenvalue weighted by molar-refractivity contribution is -0.382. The summed E-state index contributed by atoms with van der Waals surface area (Å²) in [5, 5.41) is 12.1. The van der Waals surface area contributed by atoms with E-state index in [1.165, 1.54) is 19.1 Å². The molecule has 0 amide bonds. The van der Waals surface area contributed by atoms with Gasteiger partial charge >= 0.3 is 6.18 Å². The van der Waals surface area contributed by atoms with Crippen molar-refractivity contribution in [2.24, 2.45) is 4.99 Å². The fourth-order valence-electron chi connectivity index (χ4n) is 4.42. The zero-order valence-electron chi connectivity index (χ0n) is 24.3. The number of aromatic nitrogens is 1. The molecule has 3 aromatic rings. The number of aryl methyl sites for hydroxylation is 2. The number of nitrogens with zero attached hydrogens (tertiary/aromatic N) is 2. The summed E-state index contributed by atoms with van der Waals surface area (Å²) in [6.07, 6.45) is 1.66. The van der Waals surface area contributed by atoms with Crippen LogP contribution in [-0.2, 0) is 6.42 Å². The number of H-pyrrole nitrogens is 1. The maximum atomic E-state index is 14.6. The van der Waals surface area contributed by atoms with Gasteiger partial charge in [-0.05, 0) is 68.0 Å². The first-order chi connectivity index (χ1) is 19.6. The number of hydrogen-bond acceptors (Lipinski definition) is 3. The van der Waals surface area contributed by atoms with Crippen LogP contribution in [-0.4, -0.2) is 21.8 Å². The molecule has 11 heteroatoms. The Kier molecular flexibility index (Phi) is 12.5. The molecule has 1 unspecified atom stereocenters. The van der Waals surface area contributed by atoms with E-state index >= 15 is 0 Å². The summed E-state index contributed by atoms with van der Waals surface area (Å²) in [6, 6.07) is 6.26. The molecule has 5 nitrogen and oxygen atoms in total. The first-order valence-electron chi connectivity index (χ1n) is 13.5. The number of benzene rings is 2. The number of allylic oxidation sites excluding steroid dienone is 2. The lowest BCUT2D eigenvalue weighted by atomic mass is 9.91. The molecule has 1 N–H and O–H groups in total. The van der Waals surface area contributed by atoms with Gasteiger partial charge in [0.05, 0.1) is 15.8 Å². The van der Waals surface area contributed by atoms with Gasteiger partial charge in [-0.2, -0.15) is 13.2 Å². The molecule has 1 atom stereocenters. The minimum absolute atomic E-state index is 0.0565. The molecule has 0 radical (unpaired) electrons. The van der Waals surface area contributed by atoms with Gasteiger partial charge in [0.25, 0.3) is 5.69 Å². The van der Waals surface area contributed by atoms with E-state index in [4.69, 9.17) is 11.6 Å². The van der Waals surface area contributed by atoms with Crippen LogP contribution in [0.4, 0.5) is 27.6 Å². The van der Waals surface area contributed by atoms with Crippen molar-refractivity contribution in [3.05, 3.63) is 97.8 Å². The van der Waals surface area contributed by atoms with Gasteiger partial charge in [0, 0.05) is 29.1 Å². The molecule has 1 heterocycles. The van der Waals surface area contributed by atoms with Crippen LogP contribution >= 0.6 is 11.6 Å². The molecule has 2 aromatic carbocycles. The van der Waals surface area contributed by atoms with Gasteiger partial charge < -0.3 is 4.98 Å². The number of rotatable bonds is 10. The first kappa shape index (κ1) is 34.7. The van der Waals surface area contributed by atoms with Crippen molar-refractivity contribution in [3.63, 3.8) is 0 Å². The molecule has 0 fully saturated rings. The predicted molar refractivity (Wildman–Crippen MR) is 160 cm³/mol. The topological polar surface area (TPSA) is 71.3 Å². The largest absolute Gasteiger partial charge is 0.415 e. The highest BCUT2D eigenvalue weighted by Crippen LogP contribution is 2.41. The van der Waals surface area contributed by atoms with Gasteiger partial charge in [0.2, 0.25) is 0 Å². The molecular weight excluding hydrogens is 577 g/mol. The fraction of sp³-hybridized carbons (Fsp3) is 0.387. The number of halogens is 6. The second-order valence-corrected chi connectivity index (χ2v) is 10.4. The molecule has 228 valence electrons. The Morgan fingerprint density at radius 1 is 1.17 bits per heavy atom. The minimum atomic E-state index is -4.36. The Morgan fingerprint density at radius 3 is 2.40 bits per heavy atom. The summed E-state index contributed by atoms with van der Waals surface area (Å²) >= 11 is 6.11. The smallest absolute Gasteiger partial charge is 0.357 e. The minimum Gasteiger partial charge on any atom is -0.357 e. The molecule has 0 saturated carbocycles. The number of unbranched alkanes of at least 4 members (excludes halogenated alkanes) is 1. The number of aromatic amines is 1. The number of alkyl halides is 3. The second kappa shape index (κ2) is 15.1. The summed E-state index contributed by atoms with van der Waals surface area (Å²) in [4.78, 5) is 18.2. The molecule has 0 aliphatic rings. The normalized spacial score (nSPS) is 12.9. The van der Waals surface area contributed by atoms with Crippen molar-refractivity contribution >= 4 is 33.9 Å². The van der Waals surface area contributed by atoms with E-state index in [0.29, 0.717) is 23.0 Å². The molecule has 3 rings (SSSR count). The summed E-state index contributed by atoms with van der Waals surface area (Å²) in [5.41, 5.74) is 2.17. The number of nitro benzene ring substituents is 1. The Balaban J connectivity index is 0.000000374. The van der Waals surface area contributed by atoms with E-state index in [0.717, 1.165) is 49.2 Å².